The van der Waals surface area contributed by atoms with E-state index in [0.717, 1.165) is 6.42 Å². The van der Waals surface area contributed by atoms with Crippen LogP contribution in [0.2, 0.25) is 6.04 Å². The summed E-state index contributed by atoms with van der Waals surface area (Å²) < 4.78 is 21.7. The summed E-state index contributed by atoms with van der Waals surface area (Å²) in [5.74, 6) is -1.16. The molecule has 116 valence electrons. The second-order valence-corrected chi connectivity index (χ2v) is 7.30. The van der Waals surface area contributed by atoms with Crippen molar-refractivity contribution >= 4 is 20.7 Å². The summed E-state index contributed by atoms with van der Waals surface area (Å²) in [5.41, 5.74) is 0. The molecule has 1 rings (SSSR count). The van der Waals surface area contributed by atoms with Gasteiger partial charge in [-0.2, -0.15) is 0 Å². The monoisotopic (exact) mass is 304 g/mol. The minimum absolute atomic E-state index is 0.186. The fourth-order valence-corrected chi connectivity index (χ4v) is 4.95. The van der Waals surface area contributed by atoms with Crippen molar-refractivity contribution in [3.8, 4) is 0 Å². The van der Waals surface area contributed by atoms with E-state index < -0.39 is 20.7 Å². The van der Waals surface area contributed by atoms with E-state index in [-0.39, 0.29) is 12.3 Å². The van der Waals surface area contributed by atoms with Crippen molar-refractivity contribution in [2.24, 2.45) is 5.92 Å². The lowest BCUT2D eigenvalue weighted by molar-refractivity contribution is -0.153. The molecule has 0 radical (unpaired) electrons. The normalized spacial score (nSPS) is 19.4. The van der Waals surface area contributed by atoms with Gasteiger partial charge in [0.15, 0.2) is 0 Å². The molecule has 20 heavy (non-hydrogen) atoms. The first kappa shape index (κ1) is 17.3. The SMILES string of the molecule is CCO[Si](CCCC1CC(=O)OC1=O)(OCC)OCC. The average Bonchev–Trinajstić information content (AvgIpc) is 2.69. The first-order valence-corrected chi connectivity index (χ1v) is 9.16. The fourth-order valence-electron chi connectivity index (χ4n) is 2.31. The first-order valence-electron chi connectivity index (χ1n) is 7.23. The Balaban J connectivity index is 2.48. The Morgan fingerprint density at radius 1 is 1.10 bits per heavy atom. The maximum absolute atomic E-state index is 11.4. The summed E-state index contributed by atoms with van der Waals surface area (Å²) in [6.45, 7) is 7.34. The van der Waals surface area contributed by atoms with Crippen molar-refractivity contribution in [3.05, 3.63) is 0 Å². The highest BCUT2D eigenvalue weighted by Crippen LogP contribution is 2.25. The third-order valence-electron chi connectivity index (χ3n) is 3.09. The number of ether oxygens (including phenoxy) is 1. The minimum atomic E-state index is -2.64. The summed E-state index contributed by atoms with van der Waals surface area (Å²) in [6, 6.07) is 0.653. The van der Waals surface area contributed by atoms with Gasteiger partial charge in [0, 0.05) is 25.9 Å². The summed E-state index contributed by atoms with van der Waals surface area (Å²) >= 11 is 0. The molecule has 0 spiro atoms. The lowest BCUT2D eigenvalue weighted by Gasteiger charge is -2.28. The number of rotatable bonds is 10. The third kappa shape index (κ3) is 4.97. The number of hydrogen-bond acceptors (Lipinski definition) is 6. The van der Waals surface area contributed by atoms with Crippen molar-refractivity contribution in [3.63, 3.8) is 0 Å². The van der Waals surface area contributed by atoms with Crippen LogP contribution in [0.3, 0.4) is 0 Å². The molecule has 0 aliphatic carbocycles. The molecule has 0 aromatic heterocycles. The van der Waals surface area contributed by atoms with Gasteiger partial charge in [-0.3, -0.25) is 9.59 Å². The van der Waals surface area contributed by atoms with Crippen LogP contribution < -0.4 is 0 Å². The number of carbonyl (C=O) groups is 2. The molecule has 6 nitrogen and oxygen atoms in total. The molecule has 0 N–H and O–H groups in total. The minimum Gasteiger partial charge on any atom is -0.393 e. The zero-order valence-electron chi connectivity index (χ0n) is 12.5. The smallest absolute Gasteiger partial charge is 0.393 e. The van der Waals surface area contributed by atoms with Gasteiger partial charge in [0.05, 0.1) is 12.3 Å². The van der Waals surface area contributed by atoms with Gasteiger partial charge in [0.2, 0.25) is 0 Å². The van der Waals surface area contributed by atoms with Gasteiger partial charge < -0.3 is 18.0 Å². The van der Waals surface area contributed by atoms with Gasteiger partial charge in [-0.05, 0) is 33.6 Å². The quantitative estimate of drug-likeness (QED) is 0.349. The van der Waals surface area contributed by atoms with E-state index in [9.17, 15) is 9.59 Å². The number of hydrogen-bond donors (Lipinski definition) is 0. The van der Waals surface area contributed by atoms with Gasteiger partial charge in [-0.15, -0.1) is 0 Å². The Labute approximate surface area is 121 Å². The molecular formula is C13H24O6Si. The zero-order chi connectivity index (χ0) is 15.0. The summed E-state index contributed by atoms with van der Waals surface area (Å²) in [5, 5.41) is 0. The standard InChI is InChI=1S/C13H24O6Si/c1-4-16-20(17-5-2,18-6-3)9-7-8-11-10-12(14)19-13(11)15/h11H,4-10H2,1-3H3. The van der Waals surface area contributed by atoms with E-state index >= 15 is 0 Å². The van der Waals surface area contributed by atoms with Gasteiger partial charge in [-0.25, -0.2) is 0 Å². The van der Waals surface area contributed by atoms with Crippen LogP contribution in [0.1, 0.15) is 40.0 Å². The Bertz CT molecular complexity index is 316. The predicted molar refractivity (Wildman–Crippen MR) is 73.9 cm³/mol. The molecule has 7 heteroatoms. The first-order chi connectivity index (χ1) is 9.56. The Kier molecular flexibility index (Phi) is 7.35. The third-order valence-corrected chi connectivity index (χ3v) is 6.24. The fraction of sp³-hybridized carbons (Fsp3) is 0.846. The molecular weight excluding hydrogens is 280 g/mol. The number of esters is 2. The topological polar surface area (TPSA) is 71.1 Å². The summed E-state index contributed by atoms with van der Waals surface area (Å²) in [7, 11) is -2.64. The highest BCUT2D eigenvalue weighted by molar-refractivity contribution is 6.60. The van der Waals surface area contributed by atoms with E-state index in [1.165, 1.54) is 0 Å². The highest BCUT2D eigenvalue weighted by Gasteiger charge is 2.41. The molecule has 0 aromatic rings. The van der Waals surface area contributed by atoms with Crippen LogP contribution in [0.25, 0.3) is 0 Å². The van der Waals surface area contributed by atoms with Crippen LogP contribution in [0.15, 0.2) is 0 Å². The lowest BCUT2D eigenvalue weighted by atomic mass is 10.0. The van der Waals surface area contributed by atoms with Crippen molar-refractivity contribution in [1.82, 2.24) is 0 Å². The molecule has 0 aromatic carbocycles. The van der Waals surface area contributed by atoms with Gasteiger partial charge in [0.1, 0.15) is 0 Å². The highest BCUT2D eigenvalue weighted by atomic mass is 28.4. The van der Waals surface area contributed by atoms with Crippen LogP contribution in [0.5, 0.6) is 0 Å². The van der Waals surface area contributed by atoms with Gasteiger partial charge >= 0.3 is 20.7 Å². The molecule has 0 saturated carbocycles. The van der Waals surface area contributed by atoms with Crippen molar-refractivity contribution in [2.45, 2.75) is 46.1 Å². The predicted octanol–water partition coefficient (Wildman–Crippen LogP) is 1.90. The molecule has 1 heterocycles. The van der Waals surface area contributed by atoms with Crippen molar-refractivity contribution < 1.29 is 27.6 Å². The van der Waals surface area contributed by atoms with E-state index in [2.05, 4.69) is 4.74 Å². The van der Waals surface area contributed by atoms with Crippen LogP contribution in [-0.4, -0.2) is 40.6 Å². The average molecular weight is 304 g/mol. The summed E-state index contributed by atoms with van der Waals surface area (Å²) in [6.07, 6.45) is 1.51. The van der Waals surface area contributed by atoms with Crippen LogP contribution in [0.4, 0.5) is 0 Å². The Morgan fingerprint density at radius 3 is 2.05 bits per heavy atom. The summed E-state index contributed by atoms with van der Waals surface area (Å²) in [4.78, 5) is 22.4. The van der Waals surface area contributed by atoms with Gasteiger partial charge in [0.25, 0.3) is 0 Å². The largest absolute Gasteiger partial charge is 0.500 e. The van der Waals surface area contributed by atoms with E-state index in [0.29, 0.717) is 32.3 Å². The molecule has 1 unspecified atom stereocenters. The van der Waals surface area contributed by atoms with Crippen LogP contribution in [0, 0.1) is 5.92 Å². The molecule has 1 fully saturated rings. The maximum Gasteiger partial charge on any atom is 0.500 e. The Morgan fingerprint density at radius 2 is 1.65 bits per heavy atom. The van der Waals surface area contributed by atoms with Gasteiger partial charge in [-0.1, -0.05) is 0 Å². The second-order valence-electron chi connectivity index (χ2n) is 4.57. The second kappa shape index (κ2) is 8.51. The van der Waals surface area contributed by atoms with Crippen molar-refractivity contribution in [2.75, 3.05) is 19.8 Å². The number of cyclic esters (lactones) is 2. The molecule has 1 aliphatic heterocycles. The van der Waals surface area contributed by atoms with E-state index in [4.69, 9.17) is 13.3 Å². The molecule has 1 saturated heterocycles. The van der Waals surface area contributed by atoms with Crippen LogP contribution in [-0.2, 0) is 27.6 Å². The van der Waals surface area contributed by atoms with Crippen LogP contribution >= 0.6 is 0 Å². The Hall–Kier alpha value is -0.763. The van der Waals surface area contributed by atoms with Crippen molar-refractivity contribution in [1.29, 1.82) is 0 Å². The molecule has 0 bridgehead atoms. The molecule has 0 amide bonds. The zero-order valence-corrected chi connectivity index (χ0v) is 13.5. The van der Waals surface area contributed by atoms with E-state index in [1.54, 1.807) is 0 Å². The maximum atomic E-state index is 11.4. The molecule has 1 aliphatic rings. The number of carbonyl (C=O) groups excluding carboxylic acids is 2. The lowest BCUT2D eigenvalue weighted by Crippen LogP contribution is -2.46. The van der Waals surface area contributed by atoms with E-state index in [1.807, 2.05) is 20.8 Å². The molecule has 1 atom stereocenters.